The van der Waals surface area contributed by atoms with Gasteiger partial charge in [-0.05, 0) is 36.4 Å². The minimum Gasteiger partial charge on any atom is -0.506 e. The number of anilines is 1. The summed E-state index contributed by atoms with van der Waals surface area (Å²) in [5.41, 5.74) is 1.55. The molecule has 0 fully saturated rings. The third-order valence-corrected chi connectivity index (χ3v) is 3.69. The van der Waals surface area contributed by atoms with Crippen molar-refractivity contribution in [3.05, 3.63) is 71.1 Å². The van der Waals surface area contributed by atoms with E-state index in [0.29, 0.717) is 23.6 Å². The highest BCUT2D eigenvalue weighted by Crippen LogP contribution is 2.36. The van der Waals surface area contributed by atoms with Gasteiger partial charge in [0.15, 0.2) is 5.75 Å². The lowest BCUT2D eigenvalue weighted by atomic mass is 10.3. The first-order chi connectivity index (χ1) is 13.2. The standard InChI is InChI=1S/C19H15N3O3.C2H6/c1-12-2-3-13(9-20-12)19-22-17-8-16(6-7-18(17)25-19)24-11-14-4-5-15(23)10-21-14;1-2/h2-10,22-23H,1,11H2;1-2H3/b19-13+;. The van der Waals surface area contributed by atoms with Gasteiger partial charge in [-0.2, -0.15) is 0 Å². The summed E-state index contributed by atoms with van der Waals surface area (Å²) < 4.78 is 11.6. The van der Waals surface area contributed by atoms with Crippen LogP contribution in [0.4, 0.5) is 5.69 Å². The zero-order valence-corrected chi connectivity index (χ0v) is 15.3. The summed E-state index contributed by atoms with van der Waals surface area (Å²) in [4.78, 5) is 8.27. The second-order valence-corrected chi connectivity index (χ2v) is 5.55. The first-order valence-electron chi connectivity index (χ1n) is 8.68. The highest BCUT2D eigenvalue weighted by Gasteiger charge is 2.18. The van der Waals surface area contributed by atoms with Crippen LogP contribution in [0.3, 0.4) is 0 Å². The van der Waals surface area contributed by atoms with Crippen LogP contribution in [0.5, 0.6) is 17.2 Å². The number of hydrogen-bond acceptors (Lipinski definition) is 6. The molecule has 1 aliphatic rings. The van der Waals surface area contributed by atoms with Crippen molar-refractivity contribution in [3.63, 3.8) is 0 Å². The lowest BCUT2D eigenvalue weighted by molar-refractivity contribution is 0.301. The predicted octanol–water partition coefficient (Wildman–Crippen LogP) is 2.77. The number of fused-ring (bicyclic) bond motifs is 1. The fourth-order valence-corrected chi connectivity index (χ4v) is 2.39. The van der Waals surface area contributed by atoms with Crippen molar-refractivity contribution in [1.82, 2.24) is 9.97 Å². The second kappa shape index (κ2) is 8.23. The number of rotatable bonds is 3. The van der Waals surface area contributed by atoms with Gasteiger partial charge in [-0.3, -0.25) is 9.97 Å². The average Bonchev–Trinajstić information content (AvgIpc) is 3.13. The molecule has 1 aromatic carbocycles. The van der Waals surface area contributed by atoms with Crippen LogP contribution in [0, 0.1) is 0 Å². The van der Waals surface area contributed by atoms with Gasteiger partial charge in [0.1, 0.15) is 18.1 Å². The van der Waals surface area contributed by atoms with Gasteiger partial charge in [-0.25, -0.2) is 0 Å². The minimum absolute atomic E-state index is 0.132. The molecule has 2 aromatic heterocycles. The molecule has 0 aliphatic carbocycles. The molecule has 6 nitrogen and oxygen atoms in total. The van der Waals surface area contributed by atoms with Crippen LogP contribution in [0.15, 0.2) is 54.9 Å². The molecule has 3 aromatic rings. The van der Waals surface area contributed by atoms with E-state index in [0.717, 1.165) is 22.3 Å². The quantitative estimate of drug-likeness (QED) is 0.745. The summed E-state index contributed by atoms with van der Waals surface area (Å²) in [7, 11) is 0. The lowest BCUT2D eigenvalue weighted by Crippen LogP contribution is -2.17. The van der Waals surface area contributed by atoms with Crippen molar-refractivity contribution >= 4 is 18.1 Å². The van der Waals surface area contributed by atoms with E-state index in [-0.39, 0.29) is 5.75 Å². The van der Waals surface area contributed by atoms with Gasteiger partial charge in [0.05, 0.1) is 28.1 Å². The number of aromatic hydroxyl groups is 1. The van der Waals surface area contributed by atoms with Gasteiger partial charge < -0.3 is 19.9 Å². The van der Waals surface area contributed by atoms with Crippen molar-refractivity contribution in [2.75, 3.05) is 5.32 Å². The number of hydrogen-bond donors (Lipinski definition) is 2. The van der Waals surface area contributed by atoms with Crippen molar-refractivity contribution in [2.24, 2.45) is 0 Å². The van der Waals surface area contributed by atoms with Crippen molar-refractivity contribution in [2.45, 2.75) is 20.5 Å². The van der Waals surface area contributed by atoms with E-state index in [1.807, 2.05) is 44.2 Å². The summed E-state index contributed by atoms with van der Waals surface area (Å²) in [5.74, 6) is 2.17. The summed E-state index contributed by atoms with van der Waals surface area (Å²) in [5, 5.41) is 14.0. The van der Waals surface area contributed by atoms with Crippen molar-refractivity contribution in [1.29, 1.82) is 0 Å². The van der Waals surface area contributed by atoms with Crippen LogP contribution in [0.2, 0.25) is 0 Å². The first kappa shape index (κ1) is 18.3. The number of nitrogens with zero attached hydrogens (tertiary/aromatic N) is 2. The number of aromatic nitrogens is 2. The van der Waals surface area contributed by atoms with E-state index in [1.165, 1.54) is 6.20 Å². The molecular formula is C21H21N3O3. The van der Waals surface area contributed by atoms with Gasteiger partial charge >= 0.3 is 0 Å². The molecule has 27 heavy (non-hydrogen) atoms. The first-order valence-corrected chi connectivity index (χ1v) is 8.68. The molecule has 3 heterocycles. The Balaban J connectivity index is 0.00000102. The van der Waals surface area contributed by atoms with Crippen LogP contribution in [0.1, 0.15) is 19.5 Å². The smallest absolute Gasteiger partial charge is 0.206 e. The van der Waals surface area contributed by atoms with Crippen molar-refractivity contribution in [3.8, 4) is 17.2 Å². The third kappa shape index (κ3) is 4.36. The molecule has 0 amide bonds. The van der Waals surface area contributed by atoms with Gasteiger partial charge in [-0.15, -0.1) is 0 Å². The number of pyridine rings is 2. The van der Waals surface area contributed by atoms with E-state index in [9.17, 15) is 5.11 Å². The average molecular weight is 363 g/mol. The zero-order valence-electron chi connectivity index (χ0n) is 15.3. The van der Waals surface area contributed by atoms with E-state index in [1.54, 1.807) is 18.3 Å². The van der Waals surface area contributed by atoms with Gasteiger partial charge in [0.25, 0.3) is 0 Å². The molecule has 0 unspecified atom stereocenters. The van der Waals surface area contributed by atoms with E-state index >= 15 is 0 Å². The topological polar surface area (TPSA) is 76.5 Å². The van der Waals surface area contributed by atoms with Crippen LogP contribution < -0.4 is 25.4 Å². The largest absolute Gasteiger partial charge is 0.506 e. The molecule has 0 atom stereocenters. The molecule has 138 valence electrons. The van der Waals surface area contributed by atoms with Crippen molar-refractivity contribution < 1.29 is 14.6 Å². The molecule has 0 spiro atoms. The maximum Gasteiger partial charge on any atom is 0.206 e. The van der Waals surface area contributed by atoms with Gasteiger partial charge in [-0.1, -0.05) is 20.4 Å². The summed E-state index contributed by atoms with van der Waals surface area (Å²) in [6, 6.07) is 12.6. The third-order valence-electron chi connectivity index (χ3n) is 3.69. The van der Waals surface area contributed by atoms with E-state index in [2.05, 4.69) is 21.9 Å². The Kier molecular flexibility index (Phi) is 5.56. The number of nitrogens with one attached hydrogen (secondary N) is 1. The van der Waals surface area contributed by atoms with Crippen LogP contribution in [-0.2, 0) is 6.61 Å². The maximum absolute atomic E-state index is 9.25. The molecule has 0 saturated heterocycles. The fourth-order valence-electron chi connectivity index (χ4n) is 2.39. The van der Waals surface area contributed by atoms with E-state index < -0.39 is 0 Å². The Hall–Kier alpha value is -3.54. The Morgan fingerprint density at radius 2 is 1.93 bits per heavy atom. The maximum atomic E-state index is 9.25. The summed E-state index contributed by atoms with van der Waals surface area (Å²) in [6.07, 6.45) is 3.10. The van der Waals surface area contributed by atoms with Crippen LogP contribution in [0.25, 0.3) is 12.5 Å². The van der Waals surface area contributed by atoms with Gasteiger partial charge in [0, 0.05) is 12.3 Å². The number of ether oxygens (including phenoxy) is 2. The molecule has 1 aliphatic heterocycles. The van der Waals surface area contributed by atoms with Gasteiger partial charge in [0.2, 0.25) is 5.88 Å². The molecule has 6 heteroatoms. The summed E-state index contributed by atoms with van der Waals surface area (Å²) in [6.45, 7) is 8.08. The highest BCUT2D eigenvalue weighted by molar-refractivity contribution is 5.75. The second-order valence-electron chi connectivity index (χ2n) is 5.55. The van der Waals surface area contributed by atoms with Crippen LogP contribution in [-0.4, -0.2) is 15.1 Å². The number of benzene rings is 1. The lowest BCUT2D eigenvalue weighted by Gasteiger charge is -2.06. The Morgan fingerprint density at radius 3 is 2.63 bits per heavy atom. The monoisotopic (exact) mass is 363 g/mol. The predicted molar refractivity (Wildman–Crippen MR) is 105 cm³/mol. The molecule has 2 N–H and O–H groups in total. The molecule has 4 rings (SSSR count). The zero-order chi connectivity index (χ0) is 19.2. The van der Waals surface area contributed by atoms with Crippen LogP contribution >= 0.6 is 0 Å². The minimum atomic E-state index is 0.132. The molecular weight excluding hydrogens is 342 g/mol. The van der Waals surface area contributed by atoms with E-state index in [4.69, 9.17) is 9.47 Å². The fraction of sp³-hybridized carbons (Fsp3) is 0.143. The Morgan fingerprint density at radius 1 is 1.07 bits per heavy atom. The Labute approximate surface area is 157 Å². The Bertz CT molecular complexity index is 1010. The molecule has 0 radical (unpaired) electrons. The normalized spacial score (nSPS) is 13.6. The SMILES string of the molecule is C=c1cc/c(=C2/Nc3cc(OCc4ccc(O)cn4)ccc3O2)cn1.CC. The summed E-state index contributed by atoms with van der Waals surface area (Å²) >= 11 is 0. The molecule has 0 saturated carbocycles. The molecule has 0 bridgehead atoms. The highest BCUT2D eigenvalue weighted by atomic mass is 16.5.